The Labute approximate surface area is 161 Å². The van der Waals surface area contributed by atoms with Crippen LogP contribution in [0.5, 0.6) is 0 Å². The molecule has 1 aliphatic heterocycles. The first-order valence-electron chi connectivity index (χ1n) is 7.02. The Bertz CT molecular complexity index is 881. The van der Waals surface area contributed by atoms with E-state index in [1.54, 1.807) is 24.3 Å². The highest BCUT2D eigenvalue weighted by Crippen LogP contribution is 2.22. The van der Waals surface area contributed by atoms with Gasteiger partial charge in [-0.15, -0.1) is 0 Å². The van der Waals surface area contributed by atoms with Crippen LogP contribution in [-0.4, -0.2) is 34.1 Å². The average molecular weight is 466 g/mol. The molecule has 126 valence electrons. The van der Waals surface area contributed by atoms with E-state index < -0.39 is 17.8 Å². The number of hydrogen-bond donors (Lipinski definition) is 1. The van der Waals surface area contributed by atoms with Crippen LogP contribution >= 0.6 is 34.4 Å². The molecular weight excluding hydrogens is 455 g/mol. The Balaban J connectivity index is 1.97. The van der Waals surface area contributed by atoms with E-state index in [1.807, 2.05) is 6.26 Å². The molecule has 3 rings (SSSR count). The lowest BCUT2D eigenvalue weighted by atomic mass is 10.1. The summed E-state index contributed by atoms with van der Waals surface area (Å²) in [5.41, 5.74) is 0.724. The third-order valence-corrected chi connectivity index (χ3v) is 4.62. The Morgan fingerprint density at radius 1 is 1.12 bits per heavy atom. The van der Waals surface area contributed by atoms with Crippen LogP contribution in [0, 0.1) is 3.57 Å². The summed E-state index contributed by atoms with van der Waals surface area (Å²) in [6.07, 6.45) is 6.24. The zero-order valence-electron chi connectivity index (χ0n) is 12.9. The molecule has 0 saturated carbocycles. The third kappa shape index (κ3) is 3.71. The van der Waals surface area contributed by atoms with Crippen molar-refractivity contribution in [2.24, 2.45) is 0 Å². The standard InChI is InChI=1S/C16H11IN4O3S/c1-25-15-18-7-9(8-19-15)6-12-13(22)20-16(24)21(14(12)23)11-4-2-10(17)3-5-11/h2-8H,1H3,(H,20,22,24)/b12-6-. The maximum atomic E-state index is 12.7. The van der Waals surface area contributed by atoms with Crippen molar-refractivity contribution in [3.63, 3.8) is 0 Å². The van der Waals surface area contributed by atoms with E-state index in [4.69, 9.17) is 0 Å². The van der Waals surface area contributed by atoms with Crippen LogP contribution < -0.4 is 10.2 Å². The van der Waals surface area contributed by atoms with Crippen molar-refractivity contribution in [2.75, 3.05) is 11.2 Å². The summed E-state index contributed by atoms with van der Waals surface area (Å²) < 4.78 is 0.962. The molecule has 0 atom stereocenters. The summed E-state index contributed by atoms with van der Waals surface area (Å²) in [6, 6.07) is 6.05. The van der Waals surface area contributed by atoms with Crippen molar-refractivity contribution in [3.8, 4) is 0 Å². The SMILES string of the molecule is CSc1ncc(/C=C2/C(=O)NC(=O)N(c3ccc(I)cc3)C2=O)cn1. The minimum atomic E-state index is -0.776. The van der Waals surface area contributed by atoms with Gasteiger partial charge in [-0.2, -0.15) is 0 Å². The summed E-state index contributed by atoms with van der Waals surface area (Å²) in [7, 11) is 0. The van der Waals surface area contributed by atoms with Gasteiger partial charge in [0.2, 0.25) is 0 Å². The number of carbonyl (C=O) groups is 3. The van der Waals surface area contributed by atoms with E-state index in [0.29, 0.717) is 16.4 Å². The highest BCUT2D eigenvalue weighted by Gasteiger charge is 2.36. The topological polar surface area (TPSA) is 92.3 Å². The molecule has 2 aromatic rings. The normalized spacial score (nSPS) is 16.3. The largest absolute Gasteiger partial charge is 0.335 e. The summed E-state index contributed by atoms with van der Waals surface area (Å²) in [4.78, 5) is 46.0. The molecule has 1 N–H and O–H groups in total. The first kappa shape index (κ1) is 17.5. The number of hydrogen-bond acceptors (Lipinski definition) is 6. The Hall–Kier alpha value is -2.27. The second-order valence-corrected chi connectivity index (χ2v) is 6.96. The van der Waals surface area contributed by atoms with Gasteiger partial charge < -0.3 is 0 Å². The lowest BCUT2D eigenvalue weighted by molar-refractivity contribution is -0.122. The van der Waals surface area contributed by atoms with Gasteiger partial charge in [0.15, 0.2) is 5.16 Å². The molecule has 0 bridgehead atoms. The van der Waals surface area contributed by atoms with Crippen LogP contribution in [0.1, 0.15) is 5.56 Å². The maximum Gasteiger partial charge on any atom is 0.335 e. The fourth-order valence-corrected chi connectivity index (χ4v) is 2.83. The average Bonchev–Trinajstić information content (AvgIpc) is 2.60. The van der Waals surface area contributed by atoms with Crippen LogP contribution in [-0.2, 0) is 9.59 Å². The predicted octanol–water partition coefficient (Wildman–Crippen LogP) is 2.47. The van der Waals surface area contributed by atoms with E-state index in [9.17, 15) is 14.4 Å². The zero-order valence-corrected chi connectivity index (χ0v) is 15.9. The summed E-state index contributed by atoms with van der Waals surface area (Å²) in [5, 5.41) is 2.76. The number of amides is 4. The van der Waals surface area contributed by atoms with Crippen molar-refractivity contribution in [1.29, 1.82) is 0 Å². The smallest absolute Gasteiger partial charge is 0.273 e. The quantitative estimate of drug-likeness (QED) is 0.246. The molecule has 9 heteroatoms. The molecule has 1 aromatic heterocycles. The molecule has 4 amide bonds. The number of anilines is 1. The Morgan fingerprint density at radius 2 is 1.76 bits per heavy atom. The highest BCUT2D eigenvalue weighted by molar-refractivity contribution is 14.1. The van der Waals surface area contributed by atoms with E-state index in [-0.39, 0.29) is 5.57 Å². The number of imide groups is 2. The molecule has 0 aliphatic carbocycles. The van der Waals surface area contributed by atoms with Crippen molar-refractivity contribution < 1.29 is 14.4 Å². The van der Waals surface area contributed by atoms with Gasteiger partial charge in [0.05, 0.1) is 5.69 Å². The van der Waals surface area contributed by atoms with E-state index in [0.717, 1.165) is 8.47 Å². The fourth-order valence-electron chi connectivity index (χ4n) is 2.15. The number of thioether (sulfide) groups is 1. The molecule has 0 radical (unpaired) electrons. The maximum absolute atomic E-state index is 12.7. The van der Waals surface area contributed by atoms with Gasteiger partial charge in [0, 0.05) is 21.5 Å². The van der Waals surface area contributed by atoms with Crippen molar-refractivity contribution in [3.05, 3.63) is 51.4 Å². The van der Waals surface area contributed by atoms with Crippen LogP contribution in [0.25, 0.3) is 6.08 Å². The number of benzene rings is 1. The molecule has 25 heavy (non-hydrogen) atoms. The lowest BCUT2D eigenvalue weighted by Gasteiger charge is -2.26. The number of halogens is 1. The fraction of sp³-hybridized carbons (Fsp3) is 0.0625. The number of carbonyl (C=O) groups excluding carboxylic acids is 3. The minimum absolute atomic E-state index is 0.154. The molecule has 1 fully saturated rings. The molecule has 1 aromatic carbocycles. The van der Waals surface area contributed by atoms with Crippen molar-refractivity contribution >= 4 is 64.0 Å². The first-order valence-corrected chi connectivity index (χ1v) is 9.33. The predicted molar refractivity (Wildman–Crippen MR) is 102 cm³/mol. The van der Waals surface area contributed by atoms with Gasteiger partial charge in [-0.25, -0.2) is 19.7 Å². The Kier molecular flexibility index (Phi) is 5.13. The van der Waals surface area contributed by atoms with Crippen LogP contribution in [0.3, 0.4) is 0 Å². The molecular formula is C16H11IN4O3S. The number of nitrogens with one attached hydrogen (secondary N) is 1. The third-order valence-electron chi connectivity index (χ3n) is 3.33. The van der Waals surface area contributed by atoms with Crippen molar-refractivity contribution in [1.82, 2.24) is 15.3 Å². The van der Waals surface area contributed by atoms with E-state index in [2.05, 4.69) is 37.9 Å². The molecule has 0 unspecified atom stereocenters. The van der Waals surface area contributed by atoms with Gasteiger partial charge in [0.25, 0.3) is 11.8 Å². The zero-order chi connectivity index (χ0) is 18.0. The van der Waals surface area contributed by atoms with Crippen LogP contribution in [0.4, 0.5) is 10.5 Å². The molecule has 1 aliphatic rings. The van der Waals surface area contributed by atoms with Gasteiger partial charge >= 0.3 is 6.03 Å². The highest BCUT2D eigenvalue weighted by atomic mass is 127. The van der Waals surface area contributed by atoms with Crippen LogP contribution in [0.2, 0.25) is 0 Å². The first-order chi connectivity index (χ1) is 12.0. The number of nitrogens with zero attached hydrogens (tertiary/aromatic N) is 3. The van der Waals surface area contributed by atoms with Crippen LogP contribution in [0.15, 0.2) is 47.4 Å². The minimum Gasteiger partial charge on any atom is -0.273 e. The van der Waals surface area contributed by atoms with Gasteiger partial charge in [-0.05, 0) is 59.2 Å². The molecule has 1 saturated heterocycles. The molecule has 0 spiro atoms. The number of urea groups is 1. The second kappa shape index (κ2) is 7.31. The summed E-state index contributed by atoms with van der Waals surface area (Å²) >= 11 is 3.50. The lowest BCUT2D eigenvalue weighted by Crippen LogP contribution is -2.54. The van der Waals surface area contributed by atoms with E-state index >= 15 is 0 Å². The second-order valence-electron chi connectivity index (χ2n) is 4.94. The Morgan fingerprint density at radius 3 is 2.36 bits per heavy atom. The van der Waals surface area contributed by atoms with Gasteiger partial charge in [-0.3, -0.25) is 14.9 Å². The van der Waals surface area contributed by atoms with Crippen molar-refractivity contribution in [2.45, 2.75) is 5.16 Å². The summed E-state index contributed by atoms with van der Waals surface area (Å²) in [5.74, 6) is -1.44. The van der Waals surface area contributed by atoms with Gasteiger partial charge in [-0.1, -0.05) is 11.8 Å². The molecule has 7 nitrogen and oxygen atoms in total. The van der Waals surface area contributed by atoms with Gasteiger partial charge in [0.1, 0.15) is 5.57 Å². The number of aromatic nitrogens is 2. The molecule has 2 heterocycles. The number of rotatable bonds is 3. The monoisotopic (exact) mass is 466 g/mol. The number of barbiturate groups is 1. The summed E-state index contributed by atoms with van der Waals surface area (Å²) in [6.45, 7) is 0. The van der Waals surface area contributed by atoms with E-state index in [1.165, 1.54) is 30.2 Å².